The van der Waals surface area contributed by atoms with E-state index in [1.165, 1.54) is 0 Å². The lowest BCUT2D eigenvalue weighted by atomic mass is 9.68. The number of carbonyl (C=O) groups is 1. The molecule has 6 rings (SSSR count). The van der Waals surface area contributed by atoms with Crippen LogP contribution in [0.2, 0.25) is 10.0 Å². The summed E-state index contributed by atoms with van der Waals surface area (Å²) in [6, 6.07) is 5.43. The topological polar surface area (TPSA) is 64.8 Å². The normalized spacial score (nSPS) is 24.9. The maximum absolute atomic E-state index is 12.4. The highest BCUT2D eigenvalue weighted by molar-refractivity contribution is 6.39. The van der Waals surface area contributed by atoms with Crippen molar-refractivity contribution in [2.75, 3.05) is 13.1 Å². The van der Waals surface area contributed by atoms with Crippen LogP contribution in [0.15, 0.2) is 22.7 Å². The van der Waals surface area contributed by atoms with Crippen molar-refractivity contribution in [2.24, 2.45) is 11.8 Å². The van der Waals surface area contributed by atoms with E-state index in [2.05, 4.69) is 5.16 Å². The second kappa shape index (κ2) is 8.23. The smallest absolute Gasteiger partial charge is 0.410 e. The minimum Gasteiger partial charge on any atom is -0.444 e. The van der Waals surface area contributed by atoms with Gasteiger partial charge in [-0.1, -0.05) is 34.4 Å². The van der Waals surface area contributed by atoms with Crippen LogP contribution in [0.3, 0.4) is 0 Å². The molecule has 3 heterocycles. The Bertz CT molecular complexity index is 995. The summed E-state index contributed by atoms with van der Waals surface area (Å²) >= 11 is 12.9. The zero-order valence-corrected chi connectivity index (χ0v) is 20.1. The van der Waals surface area contributed by atoms with Crippen molar-refractivity contribution in [3.05, 3.63) is 39.6 Å². The third kappa shape index (κ3) is 4.25. The van der Waals surface area contributed by atoms with Gasteiger partial charge in [0.1, 0.15) is 17.1 Å². The molecule has 8 heteroatoms. The van der Waals surface area contributed by atoms with E-state index in [9.17, 15) is 4.79 Å². The molecule has 6 nitrogen and oxygen atoms in total. The summed E-state index contributed by atoms with van der Waals surface area (Å²) in [5.74, 6) is 1.91. The number of halogens is 2. The van der Waals surface area contributed by atoms with E-state index in [-0.39, 0.29) is 12.2 Å². The summed E-state index contributed by atoms with van der Waals surface area (Å²) in [5, 5.41) is 5.43. The van der Waals surface area contributed by atoms with Crippen LogP contribution in [-0.2, 0) is 16.1 Å². The minimum atomic E-state index is -0.488. The van der Waals surface area contributed by atoms with E-state index in [4.69, 9.17) is 37.2 Å². The fourth-order valence-corrected chi connectivity index (χ4v) is 5.40. The van der Waals surface area contributed by atoms with Crippen LogP contribution in [0, 0.1) is 11.8 Å². The highest BCUT2D eigenvalue weighted by atomic mass is 35.5. The van der Waals surface area contributed by atoms with Crippen molar-refractivity contribution in [1.29, 1.82) is 0 Å². The Hall–Kier alpha value is -1.76. The average Bonchev–Trinajstić information content (AvgIpc) is 3.48. The molecule has 0 N–H and O–H groups in total. The Kier molecular flexibility index (Phi) is 5.67. The van der Waals surface area contributed by atoms with Gasteiger partial charge in [-0.15, -0.1) is 0 Å². The number of fused-ring (bicyclic) bond motifs is 2. The SMILES string of the molecule is CC(C)(C)OC(=O)N1CC2CC(C1)C2OCc1c(-c2c(Cl)cccc2Cl)noc1C1CC1. The first-order valence-corrected chi connectivity index (χ1v) is 12.0. The van der Waals surface area contributed by atoms with Gasteiger partial charge in [-0.25, -0.2) is 4.79 Å². The first-order valence-electron chi connectivity index (χ1n) is 11.2. The van der Waals surface area contributed by atoms with Crippen LogP contribution in [0.25, 0.3) is 11.3 Å². The van der Waals surface area contributed by atoms with Crippen molar-refractivity contribution >= 4 is 29.3 Å². The number of nitrogens with zero attached hydrogens (tertiary/aromatic N) is 2. The molecule has 32 heavy (non-hydrogen) atoms. The number of carbonyl (C=O) groups excluding carboxylic acids is 1. The van der Waals surface area contributed by atoms with Crippen molar-refractivity contribution in [2.45, 2.75) is 64.3 Å². The number of amides is 1. The van der Waals surface area contributed by atoms with Gasteiger partial charge >= 0.3 is 6.09 Å². The van der Waals surface area contributed by atoms with Crippen LogP contribution in [0.5, 0.6) is 0 Å². The minimum absolute atomic E-state index is 0.116. The number of hydrogen-bond acceptors (Lipinski definition) is 5. The molecule has 2 bridgehead atoms. The predicted molar refractivity (Wildman–Crippen MR) is 122 cm³/mol. The van der Waals surface area contributed by atoms with Crippen molar-refractivity contribution < 1.29 is 18.8 Å². The molecule has 2 aliphatic carbocycles. The summed E-state index contributed by atoms with van der Waals surface area (Å²) in [7, 11) is 0. The Morgan fingerprint density at radius 2 is 1.84 bits per heavy atom. The molecule has 0 radical (unpaired) electrons. The summed E-state index contributed by atoms with van der Waals surface area (Å²) in [4.78, 5) is 14.3. The van der Waals surface area contributed by atoms with E-state index in [0.717, 1.165) is 30.6 Å². The van der Waals surface area contributed by atoms with Gasteiger partial charge in [0.05, 0.1) is 22.8 Å². The maximum atomic E-state index is 12.4. The van der Waals surface area contributed by atoms with Crippen LogP contribution in [-0.4, -0.2) is 40.9 Å². The van der Waals surface area contributed by atoms with Gasteiger partial charge in [-0.05, 0) is 52.2 Å². The lowest BCUT2D eigenvalue weighted by Gasteiger charge is -2.52. The van der Waals surface area contributed by atoms with E-state index >= 15 is 0 Å². The summed E-state index contributed by atoms with van der Waals surface area (Å²) in [6.45, 7) is 7.40. The molecule has 172 valence electrons. The quantitative estimate of drug-likeness (QED) is 0.504. The number of piperidine rings is 2. The number of benzene rings is 1. The molecule has 2 saturated heterocycles. The highest BCUT2D eigenvalue weighted by Gasteiger charge is 2.49. The third-order valence-corrected chi connectivity index (χ3v) is 7.11. The molecule has 1 aromatic carbocycles. The fourth-order valence-electron chi connectivity index (χ4n) is 4.82. The molecule has 2 aromatic rings. The van der Waals surface area contributed by atoms with Crippen LogP contribution < -0.4 is 0 Å². The summed E-state index contributed by atoms with van der Waals surface area (Å²) < 4.78 is 17.7. The summed E-state index contributed by atoms with van der Waals surface area (Å²) in [5.41, 5.74) is 1.81. The molecule has 1 amide bonds. The third-order valence-electron chi connectivity index (χ3n) is 6.48. The molecule has 2 saturated carbocycles. The highest BCUT2D eigenvalue weighted by Crippen LogP contribution is 2.47. The molecule has 2 aliphatic heterocycles. The first-order chi connectivity index (χ1) is 15.2. The molecule has 2 atom stereocenters. The van der Waals surface area contributed by atoms with Gasteiger partial charge in [0.15, 0.2) is 0 Å². The van der Waals surface area contributed by atoms with Gasteiger partial charge in [0.2, 0.25) is 0 Å². The average molecular weight is 479 g/mol. The zero-order chi connectivity index (χ0) is 22.6. The van der Waals surface area contributed by atoms with Crippen LogP contribution in [0.1, 0.15) is 57.3 Å². The second-order valence-electron chi connectivity index (χ2n) is 10.2. The van der Waals surface area contributed by atoms with E-state index in [0.29, 0.717) is 58.8 Å². The van der Waals surface area contributed by atoms with E-state index < -0.39 is 5.60 Å². The first kappa shape index (κ1) is 22.1. The Labute approximate surface area is 198 Å². The molecule has 0 spiro atoms. The number of rotatable bonds is 5. The van der Waals surface area contributed by atoms with Crippen molar-refractivity contribution in [1.82, 2.24) is 10.1 Å². The lowest BCUT2D eigenvalue weighted by Crippen LogP contribution is -2.60. The van der Waals surface area contributed by atoms with Crippen molar-refractivity contribution in [3.8, 4) is 11.3 Å². The lowest BCUT2D eigenvalue weighted by molar-refractivity contribution is -0.146. The number of aromatic nitrogens is 1. The molecule has 1 aromatic heterocycles. The predicted octanol–water partition coefficient (Wildman–Crippen LogP) is 6.30. The molecule has 4 fully saturated rings. The Balaban J connectivity index is 1.30. The Morgan fingerprint density at radius 3 is 2.44 bits per heavy atom. The molecule has 4 aliphatic rings. The number of ether oxygens (including phenoxy) is 2. The van der Waals surface area contributed by atoms with E-state index in [1.807, 2.05) is 31.7 Å². The molecular weight excluding hydrogens is 451 g/mol. The molecule has 2 unspecified atom stereocenters. The fraction of sp³-hybridized carbons (Fsp3) is 0.583. The molecular formula is C24H28Cl2N2O4. The van der Waals surface area contributed by atoms with Crippen molar-refractivity contribution in [3.63, 3.8) is 0 Å². The van der Waals surface area contributed by atoms with Gasteiger partial charge in [0.25, 0.3) is 0 Å². The van der Waals surface area contributed by atoms with Crippen LogP contribution >= 0.6 is 23.2 Å². The monoisotopic (exact) mass is 478 g/mol. The summed E-state index contributed by atoms with van der Waals surface area (Å²) in [6.07, 6.45) is 3.14. The van der Waals surface area contributed by atoms with E-state index in [1.54, 1.807) is 12.1 Å². The zero-order valence-electron chi connectivity index (χ0n) is 18.6. The van der Waals surface area contributed by atoms with Gasteiger partial charge < -0.3 is 18.9 Å². The maximum Gasteiger partial charge on any atom is 0.410 e. The van der Waals surface area contributed by atoms with Gasteiger partial charge in [-0.2, -0.15) is 0 Å². The number of hydrogen-bond donors (Lipinski definition) is 0. The van der Waals surface area contributed by atoms with Gasteiger partial charge in [0, 0.05) is 42.0 Å². The van der Waals surface area contributed by atoms with Gasteiger partial charge in [-0.3, -0.25) is 0 Å². The van der Waals surface area contributed by atoms with Crippen LogP contribution in [0.4, 0.5) is 4.79 Å². The Morgan fingerprint density at radius 1 is 1.19 bits per heavy atom. The largest absolute Gasteiger partial charge is 0.444 e. The standard InChI is InChI=1S/C24H28Cl2N2O4/c1-24(2,3)31-23(29)28-10-14-9-15(11-28)21(14)30-12-16-20(27-32-22(16)13-7-8-13)19-17(25)5-4-6-18(19)26/h4-6,13-15,21H,7-12H2,1-3H3. The second-order valence-corrected chi connectivity index (χ2v) is 11.0.